The van der Waals surface area contributed by atoms with Crippen LogP contribution < -0.4 is 5.56 Å². The van der Waals surface area contributed by atoms with Crippen LogP contribution in [0.2, 0.25) is 0 Å². The maximum atomic E-state index is 12.9. The van der Waals surface area contributed by atoms with Gasteiger partial charge in [-0.1, -0.05) is 36.7 Å². The molecule has 1 aromatic carbocycles. The Labute approximate surface area is 134 Å². The van der Waals surface area contributed by atoms with Crippen LogP contribution in [0.5, 0.6) is 0 Å². The second kappa shape index (κ2) is 7.29. The monoisotopic (exact) mass is 318 g/mol. The number of fused-ring (bicyclic) bond motifs is 1. The van der Waals surface area contributed by atoms with E-state index in [1.807, 2.05) is 35.8 Å². The molecule has 0 atom stereocenters. The smallest absolute Gasteiger partial charge is 0.262 e. The first kappa shape index (κ1) is 15.6. The van der Waals surface area contributed by atoms with Crippen molar-refractivity contribution >= 4 is 22.7 Å². The molecule has 1 fully saturated rings. The molecule has 0 amide bonds. The Bertz CT molecular complexity index is 693. The molecule has 0 bridgehead atoms. The molecule has 0 spiro atoms. The van der Waals surface area contributed by atoms with Gasteiger partial charge in [0.15, 0.2) is 5.16 Å². The van der Waals surface area contributed by atoms with Crippen LogP contribution in [-0.4, -0.2) is 28.5 Å². The molecular formula is C17H22N2O2S. The van der Waals surface area contributed by atoms with E-state index in [2.05, 4.69) is 0 Å². The first-order chi connectivity index (χ1) is 10.8. The summed E-state index contributed by atoms with van der Waals surface area (Å²) in [6.45, 7) is 3.41. The molecule has 5 heteroatoms. The Hall–Kier alpha value is -1.33. The fourth-order valence-electron chi connectivity index (χ4n) is 3.05. The Balaban J connectivity index is 1.99. The van der Waals surface area contributed by atoms with E-state index in [0.29, 0.717) is 12.6 Å². The molecule has 118 valence electrons. The number of hydrogen-bond acceptors (Lipinski definition) is 4. The van der Waals surface area contributed by atoms with Crippen molar-refractivity contribution in [1.29, 1.82) is 0 Å². The SMILES string of the molecule is CCOCCSc1nc2ccccc2c(=O)n1C1CCCC1. The van der Waals surface area contributed by atoms with Gasteiger partial charge in [0.2, 0.25) is 0 Å². The molecule has 0 unspecified atom stereocenters. The van der Waals surface area contributed by atoms with Crippen LogP contribution in [-0.2, 0) is 4.74 Å². The molecule has 0 saturated heterocycles. The van der Waals surface area contributed by atoms with Gasteiger partial charge in [-0.05, 0) is 31.9 Å². The molecule has 1 aliphatic carbocycles. The van der Waals surface area contributed by atoms with Crippen LogP contribution in [0.4, 0.5) is 0 Å². The van der Waals surface area contributed by atoms with Gasteiger partial charge in [-0.3, -0.25) is 9.36 Å². The maximum Gasteiger partial charge on any atom is 0.262 e. The number of benzene rings is 1. The van der Waals surface area contributed by atoms with Crippen LogP contribution >= 0.6 is 11.8 Å². The fraction of sp³-hybridized carbons (Fsp3) is 0.529. The van der Waals surface area contributed by atoms with E-state index in [9.17, 15) is 4.79 Å². The highest BCUT2D eigenvalue weighted by Gasteiger charge is 2.22. The Morgan fingerprint density at radius 2 is 2.09 bits per heavy atom. The second-order valence-electron chi connectivity index (χ2n) is 5.57. The highest BCUT2D eigenvalue weighted by Crippen LogP contribution is 2.32. The third-order valence-electron chi connectivity index (χ3n) is 4.13. The van der Waals surface area contributed by atoms with Crippen LogP contribution in [0.1, 0.15) is 38.6 Å². The van der Waals surface area contributed by atoms with Gasteiger partial charge in [0.25, 0.3) is 5.56 Å². The summed E-state index contributed by atoms with van der Waals surface area (Å²) in [5.41, 5.74) is 0.900. The molecule has 1 heterocycles. The number of thioether (sulfide) groups is 1. The molecule has 2 aromatic rings. The summed E-state index contributed by atoms with van der Waals surface area (Å²) >= 11 is 1.63. The fourth-order valence-corrected chi connectivity index (χ4v) is 3.97. The van der Waals surface area contributed by atoms with E-state index < -0.39 is 0 Å². The minimum Gasteiger partial charge on any atom is -0.381 e. The summed E-state index contributed by atoms with van der Waals surface area (Å²) in [5.74, 6) is 0.825. The van der Waals surface area contributed by atoms with Gasteiger partial charge >= 0.3 is 0 Å². The molecule has 22 heavy (non-hydrogen) atoms. The molecule has 3 rings (SSSR count). The van der Waals surface area contributed by atoms with E-state index in [1.54, 1.807) is 11.8 Å². The van der Waals surface area contributed by atoms with Crippen molar-refractivity contribution in [3.8, 4) is 0 Å². The van der Waals surface area contributed by atoms with Crippen molar-refractivity contribution in [3.05, 3.63) is 34.6 Å². The number of para-hydroxylation sites is 1. The maximum absolute atomic E-state index is 12.9. The topological polar surface area (TPSA) is 44.1 Å². The van der Waals surface area contributed by atoms with E-state index in [4.69, 9.17) is 9.72 Å². The summed E-state index contributed by atoms with van der Waals surface area (Å²) in [6, 6.07) is 7.95. The average Bonchev–Trinajstić information content (AvgIpc) is 3.06. The first-order valence-corrected chi connectivity index (χ1v) is 9.01. The molecule has 1 aromatic heterocycles. The molecule has 1 saturated carbocycles. The number of ether oxygens (including phenoxy) is 1. The average molecular weight is 318 g/mol. The summed E-state index contributed by atoms with van der Waals surface area (Å²) in [6.07, 6.45) is 4.57. The summed E-state index contributed by atoms with van der Waals surface area (Å²) in [7, 11) is 0. The van der Waals surface area contributed by atoms with Gasteiger partial charge in [-0.2, -0.15) is 0 Å². The number of rotatable bonds is 6. The molecule has 0 aliphatic heterocycles. The highest BCUT2D eigenvalue weighted by atomic mass is 32.2. The number of nitrogens with zero attached hydrogens (tertiary/aromatic N) is 2. The Morgan fingerprint density at radius 1 is 1.32 bits per heavy atom. The van der Waals surface area contributed by atoms with Gasteiger partial charge in [0, 0.05) is 18.4 Å². The summed E-state index contributed by atoms with van der Waals surface area (Å²) < 4.78 is 7.34. The number of aromatic nitrogens is 2. The first-order valence-electron chi connectivity index (χ1n) is 8.03. The van der Waals surface area contributed by atoms with E-state index >= 15 is 0 Å². The van der Waals surface area contributed by atoms with Crippen molar-refractivity contribution in [2.75, 3.05) is 19.0 Å². The minimum absolute atomic E-state index is 0.108. The zero-order valence-electron chi connectivity index (χ0n) is 13.0. The summed E-state index contributed by atoms with van der Waals surface area (Å²) in [5, 5.41) is 1.57. The lowest BCUT2D eigenvalue weighted by atomic mass is 10.2. The third-order valence-corrected chi connectivity index (χ3v) is 5.05. The third kappa shape index (κ3) is 3.20. The van der Waals surface area contributed by atoms with E-state index in [0.717, 1.165) is 41.3 Å². The largest absolute Gasteiger partial charge is 0.381 e. The lowest BCUT2D eigenvalue weighted by Crippen LogP contribution is -2.26. The van der Waals surface area contributed by atoms with Crippen LogP contribution in [0.15, 0.2) is 34.2 Å². The second-order valence-corrected chi connectivity index (χ2v) is 6.63. The van der Waals surface area contributed by atoms with E-state index in [-0.39, 0.29) is 5.56 Å². The Kier molecular flexibility index (Phi) is 5.16. The van der Waals surface area contributed by atoms with Gasteiger partial charge in [0.05, 0.1) is 17.5 Å². The lowest BCUT2D eigenvalue weighted by Gasteiger charge is -2.18. The van der Waals surface area contributed by atoms with Crippen LogP contribution in [0, 0.1) is 0 Å². The van der Waals surface area contributed by atoms with Crippen molar-refractivity contribution in [1.82, 2.24) is 9.55 Å². The van der Waals surface area contributed by atoms with E-state index in [1.165, 1.54) is 12.8 Å². The predicted molar refractivity (Wildman–Crippen MR) is 90.7 cm³/mol. The van der Waals surface area contributed by atoms with Gasteiger partial charge in [0.1, 0.15) is 0 Å². The molecule has 1 aliphatic rings. The Morgan fingerprint density at radius 3 is 2.86 bits per heavy atom. The quantitative estimate of drug-likeness (QED) is 0.463. The van der Waals surface area contributed by atoms with Gasteiger partial charge in [-0.25, -0.2) is 4.98 Å². The van der Waals surface area contributed by atoms with Crippen molar-refractivity contribution < 1.29 is 4.74 Å². The zero-order valence-corrected chi connectivity index (χ0v) is 13.8. The molecule has 0 radical (unpaired) electrons. The highest BCUT2D eigenvalue weighted by molar-refractivity contribution is 7.99. The summed E-state index contributed by atoms with van der Waals surface area (Å²) in [4.78, 5) is 17.7. The zero-order chi connectivity index (χ0) is 15.4. The predicted octanol–water partition coefficient (Wildman–Crippen LogP) is 3.64. The van der Waals surface area contributed by atoms with Crippen LogP contribution in [0.25, 0.3) is 10.9 Å². The van der Waals surface area contributed by atoms with Gasteiger partial charge in [-0.15, -0.1) is 0 Å². The molecule has 4 nitrogen and oxygen atoms in total. The van der Waals surface area contributed by atoms with Gasteiger partial charge < -0.3 is 4.74 Å². The van der Waals surface area contributed by atoms with Crippen molar-refractivity contribution in [2.24, 2.45) is 0 Å². The standard InChI is InChI=1S/C17H22N2O2S/c1-2-21-11-12-22-17-18-15-10-6-5-9-14(15)16(20)19(17)13-7-3-4-8-13/h5-6,9-10,13H,2-4,7-8,11-12H2,1H3. The number of hydrogen-bond donors (Lipinski definition) is 0. The molecular weight excluding hydrogens is 296 g/mol. The molecule has 0 N–H and O–H groups in total. The lowest BCUT2D eigenvalue weighted by molar-refractivity contribution is 0.164. The van der Waals surface area contributed by atoms with Crippen molar-refractivity contribution in [3.63, 3.8) is 0 Å². The van der Waals surface area contributed by atoms with Crippen molar-refractivity contribution in [2.45, 2.75) is 43.8 Å². The van der Waals surface area contributed by atoms with Crippen LogP contribution in [0.3, 0.4) is 0 Å². The normalized spacial score (nSPS) is 15.7. The minimum atomic E-state index is 0.108.